The number of hydrogen-bond donors (Lipinski definition) is 5. The third-order valence-electron chi connectivity index (χ3n) is 3.42. The van der Waals surface area contributed by atoms with Crippen LogP contribution in [0.25, 0.3) is 0 Å². The van der Waals surface area contributed by atoms with Gasteiger partial charge >= 0.3 is 5.97 Å². The van der Waals surface area contributed by atoms with Gasteiger partial charge in [-0.2, -0.15) is 5.48 Å². The summed E-state index contributed by atoms with van der Waals surface area (Å²) in [5.74, 6) is -0.685. The van der Waals surface area contributed by atoms with Crippen LogP contribution in [0, 0.1) is 0 Å². The second-order valence-corrected chi connectivity index (χ2v) is 5.46. The quantitative estimate of drug-likeness (QED) is 0.149. The normalized spacial score (nSPS) is 11.0. The van der Waals surface area contributed by atoms with E-state index in [9.17, 15) is 4.79 Å². The SMILES string of the molecule is O=C(O)CCCCCCCCNCCCCNCCNOO. The predicted molar refractivity (Wildman–Crippen MR) is 86.6 cm³/mol. The summed E-state index contributed by atoms with van der Waals surface area (Å²) in [7, 11) is 0. The van der Waals surface area contributed by atoms with Gasteiger partial charge in [0, 0.05) is 19.5 Å². The molecule has 0 aliphatic rings. The van der Waals surface area contributed by atoms with Crippen molar-refractivity contribution in [3.8, 4) is 0 Å². The van der Waals surface area contributed by atoms with E-state index in [4.69, 9.17) is 10.4 Å². The molecule has 0 saturated heterocycles. The Hall–Kier alpha value is -0.730. The molecule has 0 aromatic rings. The molecule has 0 radical (unpaired) electrons. The highest BCUT2D eigenvalue weighted by Gasteiger charge is 1.96. The minimum atomic E-state index is -0.685. The Kier molecular flexibility index (Phi) is 17.7. The molecule has 0 heterocycles. The van der Waals surface area contributed by atoms with Gasteiger partial charge in [0.15, 0.2) is 0 Å². The molecular weight excluding hydrogens is 286 g/mol. The van der Waals surface area contributed by atoms with Crippen LogP contribution in [0.3, 0.4) is 0 Å². The van der Waals surface area contributed by atoms with E-state index in [2.05, 4.69) is 21.1 Å². The van der Waals surface area contributed by atoms with Crippen LogP contribution in [0.4, 0.5) is 0 Å². The predicted octanol–water partition coefficient (Wildman–Crippen LogP) is 1.76. The highest BCUT2D eigenvalue weighted by atomic mass is 17.2. The van der Waals surface area contributed by atoms with E-state index in [0.717, 1.165) is 58.3 Å². The number of aliphatic carboxylic acids is 1. The monoisotopic (exact) mass is 319 g/mol. The number of hydroxylamine groups is 1. The second kappa shape index (κ2) is 18.3. The number of carboxylic acid groups (broad SMARTS) is 1. The second-order valence-electron chi connectivity index (χ2n) is 5.46. The first-order chi connectivity index (χ1) is 10.8. The lowest BCUT2D eigenvalue weighted by atomic mass is 10.1. The van der Waals surface area contributed by atoms with Crippen molar-refractivity contribution in [2.24, 2.45) is 0 Å². The van der Waals surface area contributed by atoms with Crippen molar-refractivity contribution in [1.82, 2.24) is 16.1 Å². The molecule has 22 heavy (non-hydrogen) atoms. The highest BCUT2D eigenvalue weighted by molar-refractivity contribution is 5.66. The fourth-order valence-electron chi connectivity index (χ4n) is 2.17. The van der Waals surface area contributed by atoms with Gasteiger partial charge in [-0.25, -0.2) is 5.26 Å². The van der Waals surface area contributed by atoms with E-state index in [1.165, 1.54) is 19.3 Å². The molecule has 7 heteroatoms. The first-order valence-electron chi connectivity index (χ1n) is 8.44. The topological polar surface area (TPSA) is 103 Å². The standard InChI is InChI=1S/C15H33N3O4/c19-15(20)9-5-3-1-2-4-6-10-16-11-7-8-12-17-13-14-18-22-21/h16-18,21H,1-14H2,(H,19,20). The van der Waals surface area contributed by atoms with E-state index in [0.29, 0.717) is 13.0 Å². The maximum Gasteiger partial charge on any atom is 0.303 e. The molecule has 0 aromatic heterocycles. The molecular formula is C15H33N3O4. The zero-order valence-corrected chi connectivity index (χ0v) is 13.6. The van der Waals surface area contributed by atoms with Crippen LogP contribution in [-0.2, 0) is 9.78 Å². The van der Waals surface area contributed by atoms with Gasteiger partial charge in [-0.3, -0.25) is 4.79 Å². The van der Waals surface area contributed by atoms with Gasteiger partial charge in [-0.1, -0.05) is 25.7 Å². The first kappa shape index (κ1) is 21.3. The summed E-state index contributed by atoms with van der Waals surface area (Å²) in [5.41, 5.74) is 2.35. The number of hydrogen-bond acceptors (Lipinski definition) is 6. The van der Waals surface area contributed by atoms with Crippen molar-refractivity contribution in [2.45, 2.75) is 57.8 Å². The molecule has 0 rings (SSSR count). The number of nitrogens with one attached hydrogen (secondary N) is 3. The van der Waals surface area contributed by atoms with Crippen LogP contribution in [0.1, 0.15) is 57.8 Å². The summed E-state index contributed by atoms with van der Waals surface area (Å²) < 4.78 is 0. The summed E-state index contributed by atoms with van der Waals surface area (Å²) in [4.78, 5) is 14.1. The van der Waals surface area contributed by atoms with Gasteiger partial charge in [0.2, 0.25) is 0 Å². The van der Waals surface area contributed by atoms with Gasteiger partial charge in [-0.05, 0) is 45.3 Å². The molecule has 132 valence electrons. The minimum Gasteiger partial charge on any atom is -0.481 e. The van der Waals surface area contributed by atoms with E-state index in [1.807, 2.05) is 0 Å². The molecule has 7 nitrogen and oxygen atoms in total. The van der Waals surface area contributed by atoms with Crippen molar-refractivity contribution in [1.29, 1.82) is 0 Å². The Morgan fingerprint density at radius 1 is 0.727 bits per heavy atom. The minimum absolute atomic E-state index is 0.308. The highest BCUT2D eigenvalue weighted by Crippen LogP contribution is 2.06. The van der Waals surface area contributed by atoms with E-state index in [1.54, 1.807) is 0 Å². The third-order valence-corrected chi connectivity index (χ3v) is 3.42. The largest absolute Gasteiger partial charge is 0.481 e. The zero-order chi connectivity index (χ0) is 16.3. The smallest absolute Gasteiger partial charge is 0.303 e. The van der Waals surface area contributed by atoms with Gasteiger partial charge in [0.25, 0.3) is 0 Å². The maximum atomic E-state index is 10.3. The van der Waals surface area contributed by atoms with Gasteiger partial charge < -0.3 is 15.7 Å². The third kappa shape index (κ3) is 19.3. The van der Waals surface area contributed by atoms with Crippen LogP contribution < -0.4 is 16.1 Å². The summed E-state index contributed by atoms with van der Waals surface area (Å²) in [5, 5.41) is 23.2. The molecule has 0 aromatic carbocycles. The van der Waals surface area contributed by atoms with Crippen molar-refractivity contribution in [3.63, 3.8) is 0 Å². The molecule has 0 aliphatic carbocycles. The Bertz CT molecular complexity index is 243. The van der Waals surface area contributed by atoms with E-state index < -0.39 is 5.97 Å². The van der Waals surface area contributed by atoms with E-state index >= 15 is 0 Å². The van der Waals surface area contributed by atoms with Crippen LogP contribution in [0.2, 0.25) is 0 Å². The zero-order valence-electron chi connectivity index (χ0n) is 13.6. The Balaban J connectivity index is 2.95. The lowest BCUT2D eigenvalue weighted by molar-refractivity contribution is -0.291. The summed E-state index contributed by atoms with van der Waals surface area (Å²) >= 11 is 0. The molecule has 0 aliphatic heterocycles. The summed E-state index contributed by atoms with van der Waals surface area (Å²) in [6.07, 6.45) is 9.22. The first-order valence-corrected chi connectivity index (χ1v) is 8.44. The molecule has 0 amide bonds. The van der Waals surface area contributed by atoms with Gasteiger partial charge in [-0.15, -0.1) is 4.99 Å². The molecule has 0 atom stereocenters. The Labute approximate surface area is 133 Å². The average molecular weight is 319 g/mol. The summed E-state index contributed by atoms with van der Waals surface area (Å²) in [6.45, 7) is 4.47. The number of carboxylic acids is 1. The fraction of sp³-hybridized carbons (Fsp3) is 0.933. The van der Waals surface area contributed by atoms with Gasteiger partial charge in [0.05, 0.1) is 0 Å². The van der Waals surface area contributed by atoms with Crippen molar-refractivity contribution in [2.75, 3.05) is 32.7 Å². The van der Waals surface area contributed by atoms with Crippen LogP contribution in [0.5, 0.6) is 0 Å². The lowest BCUT2D eigenvalue weighted by Gasteiger charge is -2.06. The number of carbonyl (C=O) groups is 1. The molecule has 0 saturated carbocycles. The lowest BCUT2D eigenvalue weighted by Crippen LogP contribution is -2.27. The van der Waals surface area contributed by atoms with Crippen LogP contribution in [-0.4, -0.2) is 49.1 Å². The van der Waals surface area contributed by atoms with Gasteiger partial charge in [0.1, 0.15) is 0 Å². The Morgan fingerprint density at radius 2 is 1.23 bits per heavy atom. The van der Waals surface area contributed by atoms with Crippen molar-refractivity contribution >= 4 is 5.97 Å². The molecule has 5 N–H and O–H groups in total. The molecule has 0 fully saturated rings. The fourth-order valence-corrected chi connectivity index (χ4v) is 2.17. The van der Waals surface area contributed by atoms with Crippen LogP contribution >= 0.6 is 0 Å². The van der Waals surface area contributed by atoms with E-state index in [-0.39, 0.29) is 0 Å². The number of rotatable bonds is 18. The summed E-state index contributed by atoms with van der Waals surface area (Å²) in [6, 6.07) is 0. The van der Waals surface area contributed by atoms with Crippen LogP contribution in [0.15, 0.2) is 0 Å². The Morgan fingerprint density at radius 3 is 1.82 bits per heavy atom. The average Bonchev–Trinajstić information content (AvgIpc) is 2.50. The molecule has 0 spiro atoms. The van der Waals surface area contributed by atoms with Crippen molar-refractivity contribution in [3.05, 3.63) is 0 Å². The molecule has 0 bridgehead atoms. The molecule has 0 unspecified atom stereocenters. The number of unbranched alkanes of at least 4 members (excludes halogenated alkanes) is 6. The van der Waals surface area contributed by atoms with Crippen molar-refractivity contribution < 1.29 is 20.1 Å². The maximum absolute atomic E-state index is 10.3.